The predicted molar refractivity (Wildman–Crippen MR) is 102 cm³/mol. The van der Waals surface area contributed by atoms with Crippen LogP contribution in [0, 0.1) is 0 Å². The average Bonchev–Trinajstić information content (AvgIpc) is 2.97. The van der Waals surface area contributed by atoms with Crippen LogP contribution in [0.25, 0.3) is 0 Å². The van der Waals surface area contributed by atoms with Crippen molar-refractivity contribution >= 4 is 82.2 Å². The van der Waals surface area contributed by atoms with Crippen molar-refractivity contribution < 1.29 is 19.2 Å². The second kappa shape index (κ2) is 6.39. The highest BCUT2D eigenvalue weighted by molar-refractivity contribution is 7.97. The number of imide groups is 2. The molecule has 0 saturated heterocycles. The molecule has 136 valence electrons. The van der Waals surface area contributed by atoms with Crippen LogP contribution in [0.1, 0.15) is 41.4 Å². The largest absolute Gasteiger partial charge is 0.273 e. The van der Waals surface area contributed by atoms with E-state index in [1.165, 1.54) is 24.3 Å². The molecule has 0 unspecified atom stereocenters. The van der Waals surface area contributed by atoms with Crippen LogP contribution in [-0.4, -0.2) is 32.2 Å². The zero-order chi connectivity index (χ0) is 19.6. The van der Waals surface area contributed by atoms with Crippen LogP contribution in [0.3, 0.4) is 0 Å². The van der Waals surface area contributed by atoms with Crippen LogP contribution < -0.4 is 0 Å². The Kier molecular flexibility index (Phi) is 4.40. The molecule has 0 atom stereocenters. The number of nitrogens with zero attached hydrogens (tertiary/aromatic N) is 2. The number of rotatable bonds is 2. The molecule has 6 nitrogen and oxygen atoms in total. The maximum absolute atomic E-state index is 12.5. The molecule has 0 spiro atoms. The summed E-state index contributed by atoms with van der Waals surface area (Å²) in [6.07, 6.45) is 0. The van der Waals surface area contributed by atoms with E-state index in [2.05, 4.69) is 0 Å². The molecule has 2 aliphatic heterocycles. The summed E-state index contributed by atoms with van der Waals surface area (Å²) >= 11 is 24.0. The lowest BCUT2D eigenvalue weighted by Gasteiger charge is -2.18. The average molecular weight is 462 g/mol. The Morgan fingerprint density at radius 2 is 0.741 bits per heavy atom. The Bertz CT molecular complexity index is 937. The zero-order valence-electron chi connectivity index (χ0n) is 12.8. The van der Waals surface area contributed by atoms with E-state index in [1.54, 1.807) is 0 Å². The van der Waals surface area contributed by atoms with Gasteiger partial charge in [0, 0.05) is 0 Å². The first-order chi connectivity index (χ1) is 12.7. The molecule has 4 amide bonds. The van der Waals surface area contributed by atoms with Crippen LogP contribution in [-0.2, 0) is 0 Å². The van der Waals surface area contributed by atoms with Gasteiger partial charge < -0.3 is 0 Å². The Labute approximate surface area is 176 Å². The van der Waals surface area contributed by atoms with Crippen molar-refractivity contribution in [2.75, 3.05) is 0 Å². The van der Waals surface area contributed by atoms with Crippen molar-refractivity contribution in [1.29, 1.82) is 0 Å². The minimum atomic E-state index is -0.716. The summed E-state index contributed by atoms with van der Waals surface area (Å²) in [5, 5.41) is 0.420. The highest BCUT2D eigenvalue weighted by atomic mass is 35.5. The van der Waals surface area contributed by atoms with Crippen LogP contribution in [0.2, 0.25) is 20.1 Å². The van der Waals surface area contributed by atoms with Gasteiger partial charge in [-0.15, -0.1) is 0 Å². The molecule has 2 aliphatic rings. The van der Waals surface area contributed by atoms with E-state index < -0.39 is 23.6 Å². The van der Waals surface area contributed by atoms with Gasteiger partial charge in [-0.3, -0.25) is 19.2 Å². The lowest BCUT2D eigenvalue weighted by atomic mass is 10.1. The number of hydrogen-bond donors (Lipinski definition) is 0. The Balaban J connectivity index is 1.68. The van der Waals surface area contributed by atoms with E-state index in [0.717, 1.165) is 0 Å². The molecule has 27 heavy (non-hydrogen) atoms. The second-order valence-corrected chi connectivity index (χ2v) is 8.04. The lowest BCUT2D eigenvalue weighted by molar-refractivity contribution is 0.0753. The lowest BCUT2D eigenvalue weighted by Crippen LogP contribution is -2.32. The molecular formula is C16H4Cl4N2O4S. The first kappa shape index (κ1) is 18.6. The molecule has 2 aromatic rings. The Morgan fingerprint density at radius 1 is 0.519 bits per heavy atom. The summed E-state index contributed by atoms with van der Waals surface area (Å²) in [7, 11) is 0. The van der Waals surface area contributed by atoms with Gasteiger partial charge in [0.2, 0.25) is 0 Å². The first-order valence-electron chi connectivity index (χ1n) is 7.14. The number of carbonyl (C=O) groups is 4. The summed E-state index contributed by atoms with van der Waals surface area (Å²) < 4.78 is 1.39. The summed E-state index contributed by atoms with van der Waals surface area (Å²) in [6.45, 7) is 0. The highest BCUT2D eigenvalue weighted by Gasteiger charge is 2.44. The predicted octanol–water partition coefficient (Wildman–Crippen LogP) is 4.76. The van der Waals surface area contributed by atoms with Gasteiger partial charge in [0.05, 0.1) is 54.5 Å². The fraction of sp³-hybridized carbons (Fsp3) is 0. The molecule has 0 radical (unpaired) electrons. The number of hydrogen-bond acceptors (Lipinski definition) is 5. The maximum Gasteiger partial charge on any atom is 0.273 e. The van der Waals surface area contributed by atoms with Crippen LogP contribution in [0.4, 0.5) is 0 Å². The number of amides is 4. The van der Waals surface area contributed by atoms with Crippen molar-refractivity contribution in [2.24, 2.45) is 0 Å². The van der Waals surface area contributed by atoms with E-state index in [-0.39, 0.29) is 42.3 Å². The molecule has 0 fully saturated rings. The third kappa shape index (κ3) is 2.73. The number of halogens is 4. The zero-order valence-corrected chi connectivity index (χ0v) is 16.6. The summed E-state index contributed by atoms with van der Waals surface area (Å²) in [6, 6.07) is 5.06. The van der Waals surface area contributed by atoms with Crippen LogP contribution >= 0.6 is 58.5 Å². The number of benzene rings is 2. The summed E-state index contributed by atoms with van der Waals surface area (Å²) in [5.74, 6) is -2.87. The maximum atomic E-state index is 12.5. The minimum Gasteiger partial charge on any atom is -0.268 e. The van der Waals surface area contributed by atoms with E-state index >= 15 is 0 Å². The van der Waals surface area contributed by atoms with Crippen molar-refractivity contribution in [1.82, 2.24) is 8.61 Å². The van der Waals surface area contributed by atoms with Gasteiger partial charge in [0.25, 0.3) is 23.6 Å². The fourth-order valence-corrected chi connectivity index (χ4v) is 4.16. The molecule has 0 aromatic heterocycles. The molecule has 11 heteroatoms. The molecule has 0 bridgehead atoms. The normalized spacial score (nSPS) is 15.7. The van der Waals surface area contributed by atoms with Crippen molar-refractivity contribution in [2.45, 2.75) is 0 Å². The second-order valence-electron chi connectivity index (χ2n) is 5.51. The molecular weight excluding hydrogens is 458 g/mol. The number of carbonyl (C=O) groups excluding carboxylic acids is 4. The van der Waals surface area contributed by atoms with Crippen LogP contribution in [0.5, 0.6) is 0 Å². The van der Waals surface area contributed by atoms with Gasteiger partial charge in [0.15, 0.2) is 0 Å². The van der Waals surface area contributed by atoms with Gasteiger partial charge in [0.1, 0.15) is 0 Å². The summed E-state index contributed by atoms with van der Waals surface area (Å²) in [5.41, 5.74) is 0.128. The minimum absolute atomic E-state index is 0.0320. The van der Waals surface area contributed by atoms with Gasteiger partial charge in [-0.05, 0) is 24.3 Å². The topological polar surface area (TPSA) is 74.8 Å². The van der Waals surface area contributed by atoms with Gasteiger partial charge >= 0.3 is 0 Å². The third-order valence-corrected chi connectivity index (χ3v) is 6.38. The summed E-state index contributed by atoms with van der Waals surface area (Å²) in [4.78, 5) is 50.2. The molecule has 2 aromatic carbocycles. The van der Waals surface area contributed by atoms with Crippen molar-refractivity contribution in [3.63, 3.8) is 0 Å². The first-order valence-corrected chi connectivity index (χ1v) is 9.38. The van der Waals surface area contributed by atoms with E-state index in [4.69, 9.17) is 46.4 Å². The van der Waals surface area contributed by atoms with Gasteiger partial charge in [-0.1, -0.05) is 46.4 Å². The fourth-order valence-electron chi connectivity index (χ4n) is 2.65. The third-order valence-electron chi connectivity index (χ3n) is 3.94. The smallest absolute Gasteiger partial charge is 0.268 e. The monoisotopic (exact) mass is 460 g/mol. The quantitative estimate of drug-likeness (QED) is 0.476. The van der Waals surface area contributed by atoms with Crippen LogP contribution in [0.15, 0.2) is 24.3 Å². The van der Waals surface area contributed by atoms with Crippen molar-refractivity contribution in [3.8, 4) is 0 Å². The molecule has 4 rings (SSSR count). The van der Waals surface area contributed by atoms with Crippen molar-refractivity contribution in [3.05, 3.63) is 66.6 Å². The standard InChI is InChI=1S/C16H4Cl4N2O4S/c17-9-1-5-6(2-10(9)18)14(24)21(13(5)23)27-22-15(25)7-3-11(19)12(20)4-8(7)16(22)26/h1-4H. The van der Waals surface area contributed by atoms with E-state index in [9.17, 15) is 19.2 Å². The molecule has 0 N–H and O–H groups in total. The Morgan fingerprint density at radius 3 is 0.963 bits per heavy atom. The van der Waals surface area contributed by atoms with E-state index in [1.807, 2.05) is 0 Å². The molecule has 2 heterocycles. The van der Waals surface area contributed by atoms with E-state index in [0.29, 0.717) is 20.7 Å². The van der Waals surface area contributed by atoms with Gasteiger partial charge in [-0.2, -0.15) is 8.61 Å². The molecule has 0 aliphatic carbocycles. The van der Waals surface area contributed by atoms with Gasteiger partial charge in [-0.25, -0.2) is 0 Å². The highest BCUT2D eigenvalue weighted by Crippen LogP contribution is 2.39. The Hall–Kier alpha value is -1.77. The molecule has 0 saturated carbocycles. The number of fused-ring (bicyclic) bond motifs is 2. The SMILES string of the molecule is O=C1c2cc(Cl)c(Cl)cc2C(=O)N1SN1C(=O)c2cc(Cl)c(Cl)cc2C1=O.